The van der Waals surface area contributed by atoms with Crippen LogP contribution in [-0.4, -0.2) is 31.3 Å². The molecule has 0 saturated carbocycles. The van der Waals surface area contributed by atoms with Gasteiger partial charge >= 0.3 is 5.97 Å². The van der Waals surface area contributed by atoms with E-state index in [4.69, 9.17) is 5.11 Å². The summed E-state index contributed by atoms with van der Waals surface area (Å²) in [5.41, 5.74) is 1.25. The van der Waals surface area contributed by atoms with Crippen molar-refractivity contribution in [3.63, 3.8) is 0 Å². The van der Waals surface area contributed by atoms with E-state index in [9.17, 15) is 13.2 Å². The van der Waals surface area contributed by atoms with Gasteiger partial charge in [0, 0.05) is 6.42 Å². The lowest BCUT2D eigenvalue weighted by Crippen LogP contribution is -2.43. The van der Waals surface area contributed by atoms with Crippen molar-refractivity contribution in [2.75, 3.05) is 10.1 Å². The van der Waals surface area contributed by atoms with Gasteiger partial charge in [0.15, 0.2) is 0 Å². The summed E-state index contributed by atoms with van der Waals surface area (Å²) in [6.07, 6.45) is 0.227. The highest BCUT2D eigenvalue weighted by molar-refractivity contribution is 7.92. The zero-order valence-electron chi connectivity index (χ0n) is 9.33. The molecule has 0 aromatic heterocycles. The minimum absolute atomic E-state index is 0.106. The molecule has 1 aliphatic heterocycles. The molecule has 5 nitrogen and oxygen atoms in total. The van der Waals surface area contributed by atoms with Crippen LogP contribution in [0.15, 0.2) is 24.3 Å². The van der Waals surface area contributed by atoms with Crippen molar-refractivity contribution in [2.24, 2.45) is 0 Å². The minimum atomic E-state index is -3.55. The Morgan fingerprint density at radius 2 is 2.12 bits per heavy atom. The lowest BCUT2D eigenvalue weighted by atomic mass is 10.1. The van der Waals surface area contributed by atoms with Crippen LogP contribution in [0.3, 0.4) is 0 Å². The van der Waals surface area contributed by atoms with Gasteiger partial charge in [0.25, 0.3) is 0 Å². The maximum atomic E-state index is 11.9. The topological polar surface area (TPSA) is 74.7 Å². The third-order valence-electron chi connectivity index (χ3n) is 2.87. The maximum Gasteiger partial charge on any atom is 0.327 e. The van der Waals surface area contributed by atoms with Gasteiger partial charge in [-0.2, -0.15) is 0 Å². The van der Waals surface area contributed by atoms with Crippen molar-refractivity contribution in [3.05, 3.63) is 29.8 Å². The largest absolute Gasteiger partial charge is 0.480 e. The van der Waals surface area contributed by atoms with E-state index in [-0.39, 0.29) is 12.2 Å². The quantitative estimate of drug-likeness (QED) is 0.869. The van der Waals surface area contributed by atoms with Crippen LogP contribution in [0.4, 0.5) is 5.69 Å². The van der Waals surface area contributed by atoms with Crippen LogP contribution in [0.1, 0.15) is 12.5 Å². The molecular weight excluding hydrogens is 242 g/mol. The first-order valence-corrected chi connectivity index (χ1v) is 6.91. The number of para-hydroxylation sites is 1. The van der Waals surface area contributed by atoms with E-state index < -0.39 is 22.0 Å². The number of sulfonamides is 1. The fourth-order valence-corrected chi connectivity index (χ4v) is 3.34. The highest BCUT2D eigenvalue weighted by Gasteiger charge is 2.40. The van der Waals surface area contributed by atoms with Crippen LogP contribution in [0.25, 0.3) is 0 Å². The van der Waals surface area contributed by atoms with Crippen molar-refractivity contribution in [1.82, 2.24) is 0 Å². The predicted molar refractivity (Wildman–Crippen MR) is 63.5 cm³/mol. The Kier molecular flexibility index (Phi) is 2.82. The number of anilines is 1. The molecule has 1 aliphatic rings. The number of carbonyl (C=O) groups is 1. The van der Waals surface area contributed by atoms with Gasteiger partial charge in [0.05, 0.1) is 11.4 Å². The van der Waals surface area contributed by atoms with E-state index in [1.54, 1.807) is 24.3 Å². The van der Waals surface area contributed by atoms with Gasteiger partial charge in [-0.15, -0.1) is 0 Å². The van der Waals surface area contributed by atoms with Gasteiger partial charge in [-0.3, -0.25) is 4.31 Å². The van der Waals surface area contributed by atoms with Gasteiger partial charge in [-0.1, -0.05) is 18.2 Å². The van der Waals surface area contributed by atoms with Crippen LogP contribution in [0.5, 0.6) is 0 Å². The van der Waals surface area contributed by atoms with Gasteiger partial charge in [0.2, 0.25) is 10.0 Å². The van der Waals surface area contributed by atoms with E-state index >= 15 is 0 Å². The monoisotopic (exact) mass is 255 g/mol. The number of fused-ring (bicyclic) bond motifs is 1. The summed E-state index contributed by atoms with van der Waals surface area (Å²) in [4.78, 5) is 11.1. The zero-order chi connectivity index (χ0) is 12.6. The molecule has 1 N–H and O–H groups in total. The SMILES string of the molecule is CCS(=O)(=O)N1c2ccccc2C[C@H]1C(=O)O. The number of aliphatic carboxylic acids is 1. The van der Waals surface area contributed by atoms with Crippen LogP contribution < -0.4 is 4.31 Å². The molecule has 2 rings (SSSR count). The maximum absolute atomic E-state index is 11.9. The Balaban J connectivity index is 2.56. The number of nitrogens with zero attached hydrogens (tertiary/aromatic N) is 1. The summed E-state index contributed by atoms with van der Waals surface area (Å²) in [6.45, 7) is 1.51. The molecule has 6 heteroatoms. The summed E-state index contributed by atoms with van der Waals surface area (Å²) in [5.74, 6) is -1.22. The molecule has 17 heavy (non-hydrogen) atoms. The third-order valence-corrected chi connectivity index (χ3v) is 4.66. The van der Waals surface area contributed by atoms with Crippen LogP contribution in [0, 0.1) is 0 Å². The molecule has 1 aromatic carbocycles. The Hall–Kier alpha value is -1.56. The lowest BCUT2D eigenvalue weighted by Gasteiger charge is -2.23. The predicted octanol–water partition coefficient (Wildman–Crippen LogP) is 0.852. The molecule has 92 valence electrons. The molecule has 0 aliphatic carbocycles. The Morgan fingerprint density at radius 3 is 2.71 bits per heavy atom. The molecule has 0 bridgehead atoms. The highest BCUT2D eigenvalue weighted by Crippen LogP contribution is 2.34. The van der Waals surface area contributed by atoms with Gasteiger partial charge < -0.3 is 5.11 Å². The molecule has 0 unspecified atom stereocenters. The fourth-order valence-electron chi connectivity index (χ4n) is 2.03. The van der Waals surface area contributed by atoms with E-state index in [2.05, 4.69) is 0 Å². The average molecular weight is 255 g/mol. The lowest BCUT2D eigenvalue weighted by molar-refractivity contribution is -0.138. The van der Waals surface area contributed by atoms with Crippen molar-refractivity contribution in [2.45, 2.75) is 19.4 Å². The summed E-state index contributed by atoms with van der Waals surface area (Å²) < 4.78 is 24.9. The molecule has 0 amide bonds. The Morgan fingerprint density at radius 1 is 1.47 bits per heavy atom. The van der Waals surface area contributed by atoms with E-state index in [0.717, 1.165) is 9.87 Å². The first kappa shape index (κ1) is 11.9. The highest BCUT2D eigenvalue weighted by atomic mass is 32.2. The van der Waals surface area contributed by atoms with E-state index in [0.29, 0.717) is 5.69 Å². The average Bonchev–Trinajstić information content (AvgIpc) is 2.69. The fraction of sp³-hybridized carbons (Fsp3) is 0.364. The summed E-state index contributed by atoms with van der Waals surface area (Å²) in [7, 11) is -3.55. The van der Waals surface area contributed by atoms with Gasteiger partial charge in [-0.25, -0.2) is 13.2 Å². The molecule has 1 aromatic rings. The number of benzene rings is 1. The molecule has 0 radical (unpaired) electrons. The molecule has 0 fully saturated rings. The number of carboxylic acid groups (broad SMARTS) is 1. The van der Waals surface area contributed by atoms with E-state index in [1.165, 1.54) is 6.92 Å². The van der Waals surface area contributed by atoms with Crippen LogP contribution in [0.2, 0.25) is 0 Å². The second kappa shape index (κ2) is 4.03. The molecule has 1 atom stereocenters. The van der Waals surface area contributed by atoms with Crippen LogP contribution >= 0.6 is 0 Å². The Bertz CT molecular complexity index is 552. The Labute approximate surface area is 99.7 Å². The van der Waals surface area contributed by atoms with Gasteiger partial charge in [0.1, 0.15) is 6.04 Å². The smallest absolute Gasteiger partial charge is 0.327 e. The zero-order valence-corrected chi connectivity index (χ0v) is 10.1. The van der Waals surface area contributed by atoms with Crippen molar-refractivity contribution in [1.29, 1.82) is 0 Å². The standard InChI is InChI=1S/C11H13NO4S/c1-2-17(15,16)12-9-6-4-3-5-8(9)7-10(12)11(13)14/h3-6,10H,2,7H2,1H3,(H,13,14)/t10-/m0/s1. The van der Waals surface area contributed by atoms with Gasteiger partial charge in [-0.05, 0) is 18.6 Å². The number of hydrogen-bond acceptors (Lipinski definition) is 3. The number of rotatable bonds is 3. The summed E-state index contributed by atoms with van der Waals surface area (Å²) in [6, 6.07) is 5.88. The molecule has 0 spiro atoms. The summed E-state index contributed by atoms with van der Waals surface area (Å²) in [5, 5.41) is 9.11. The first-order valence-electron chi connectivity index (χ1n) is 5.30. The second-order valence-corrected chi connectivity index (χ2v) is 6.02. The second-order valence-electron chi connectivity index (χ2n) is 3.88. The van der Waals surface area contributed by atoms with Crippen molar-refractivity contribution in [3.8, 4) is 0 Å². The normalized spacial score (nSPS) is 19.1. The molecular formula is C11H13NO4S. The minimum Gasteiger partial charge on any atom is -0.480 e. The third kappa shape index (κ3) is 1.88. The number of hydrogen-bond donors (Lipinski definition) is 1. The van der Waals surface area contributed by atoms with Crippen molar-refractivity contribution < 1.29 is 18.3 Å². The van der Waals surface area contributed by atoms with Crippen molar-refractivity contribution >= 4 is 21.7 Å². The molecule has 1 heterocycles. The number of carboxylic acids is 1. The van der Waals surface area contributed by atoms with Crippen LogP contribution in [-0.2, 0) is 21.2 Å². The van der Waals surface area contributed by atoms with E-state index in [1.807, 2.05) is 0 Å². The summed E-state index contributed by atoms with van der Waals surface area (Å²) >= 11 is 0. The molecule has 0 saturated heterocycles. The first-order chi connectivity index (χ1) is 7.97.